The summed E-state index contributed by atoms with van der Waals surface area (Å²) in [5, 5.41) is 5.62. The molecule has 0 aromatic heterocycles. The van der Waals surface area contributed by atoms with E-state index >= 15 is 0 Å². The van der Waals surface area contributed by atoms with Crippen molar-refractivity contribution in [1.82, 2.24) is 0 Å². The smallest absolute Gasteiger partial charge is 0.406 e. The number of hydrogen-bond donors (Lipinski definition) is 2. The number of nitrogens with one attached hydrogen (secondary N) is 1. The number of fused-ring (bicyclic) bond motifs is 1. The van der Waals surface area contributed by atoms with Crippen LogP contribution in [0, 0.1) is 0 Å². The minimum absolute atomic E-state index is 0.132. The molecular formula is C9H6F3N3O2. The van der Waals surface area contributed by atoms with Gasteiger partial charge in [-0.05, 0) is 18.2 Å². The van der Waals surface area contributed by atoms with Crippen molar-refractivity contribution in [2.75, 3.05) is 5.32 Å². The zero-order valence-electron chi connectivity index (χ0n) is 8.21. The van der Waals surface area contributed by atoms with Crippen LogP contribution in [0.15, 0.2) is 23.3 Å². The molecule has 0 saturated heterocycles. The van der Waals surface area contributed by atoms with Gasteiger partial charge < -0.3 is 15.9 Å². The molecular weight excluding hydrogens is 239 g/mol. The molecule has 17 heavy (non-hydrogen) atoms. The largest absolute Gasteiger partial charge is 0.573 e. The minimum atomic E-state index is -4.79. The van der Waals surface area contributed by atoms with Crippen LogP contribution in [-0.2, 0) is 4.79 Å². The van der Waals surface area contributed by atoms with E-state index in [2.05, 4.69) is 15.2 Å². The van der Waals surface area contributed by atoms with Crippen LogP contribution in [0.3, 0.4) is 0 Å². The highest BCUT2D eigenvalue weighted by molar-refractivity contribution is 6.53. The molecule has 8 heteroatoms. The van der Waals surface area contributed by atoms with Crippen LogP contribution in [0.1, 0.15) is 5.56 Å². The van der Waals surface area contributed by atoms with Gasteiger partial charge in [-0.15, -0.1) is 13.2 Å². The summed E-state index contributed by atoms with van der Waals surface area (Å²) in [5.74, 6) is 3.98. The monoisotopic (exact) mass is 245 g/mol. The summed E-state index contributed by atoms with van der Waals surface area (Å²) in [7, 11) is 0. The Morgan fingerprint density at radius 2 is 2.06 bits per heavy atom. The molecule has 0 radical (unpaired) electrons. The van der Waals surface area contributed by atoms with Crippen molar-refractivity contribution in [3.63, 3.8) is 0 Å². The average Bonchev–Trinajstić information content (AvgIpc) is 2.50. The number of hydrogen-bond acceptors (Lipinski definition) is 4. The van der Waals surface area contributed by atoms with Gasteiger partial charge in [-0.25, -0.2) is 0 Å². The van der Waals surface area contributed by atoms with Crippen molar-refractivity contribution in [1.29, 1.82) is 0 Å². The third kappa shape index (κ3) is 2.14. The fourth-order valence-electron chi connectivity index (χ4n) is 1.46. The summed E-state index contributed by atoms with van der Waals surface area (Å²) in [4.78, 5) is 11.3. The second-order valence-electron chi connectivity index (χ2n) is 3.19. The second kappa shape index (κ2) is 3.65. The summed E-state index contributed by atoms with van der Waals surface area (Å²) < 4.78 is 39.7. The number of alkyl halides is 3. The highest BCUT2D eigenvalue weighted by Crippen LogP contribution is 2.30. The van der Waals surface area contributed by atoms with Crippen LogP contribution < -0.4 is 15.9 Å². The third-order valence-corrected chi connectivity index (χ3v) is 2.07. The number of hydrazone groups is 1. The van der Waals surface area contributed by atoms with E-state index in [-0.39, 0.29) is 11.3 Å². The number of nitrogens with zero attached hydrogens (tertiary/aromatic N) is 1. The molecule has 5 nitrogen and oxygen atoms in total. The summed E-state index contributed by atoms with van der Waals surface area (Å²) in [6, 6.07) is 3.42. The van der Waals surface area contributed by atoms with E-state index in [1.165, 1.54) is 6.07 Å². The Balaban J connectivity index is 2.39. The van der Waals surface area contributed by atoms with Crippen LogP contribution in [0.2, 0.25) is 0 Å². The van der Waals surface area contributed by atoms with Crippen molar-refractivity contribution in [3.8, 4) is 5.75 Å². The Kier molecular flexibility index (Phi) is 2.41. The van der Waals surface area contributed by atoms with Crippen LogP contribution >= 0.6 is 0 Å². The average molecular weight is 245 g/mol. The summed E-state index contributed by atoms with van der Waals surface area (Å²) >= 11 is 0. The first-order valence-electron chi connectivity index (χ1n) is 4.40. The fourth-order valence-corrected chi connectivity index (χ4v) is 1.46. The molecule has 1 aromatic rings. The van der Waals surface area contributed by atoms with Crippen LogP contribution in [0.5, 0.6) is 5.75 Å². The van der Waals surface area contributed by atoms with Gasteiger partial charge in [-0.3, -0.25) is 4.79 Å². The molecule has 0 unspecified atom stereocenters. The van der Waals surface area contributed by atoms with E-state index < -0.39 is 18.0 Å². The number of halogens is 3. The van der Waals surface area contributed by atoms with E-state index in [4.69, 9.17) is 5.84 Å². The van der Waals surface area contributed by atoms with E-state index in [0.29, 0.717) is 5.69 Å². The van der Waals surface area contributed by atoms with Crippen LogP contribution in [0.4, 0.5) is 18.9 Å². The van der Waals surface area contributed by atoms with E-state index in [9.17, 15) is 18.0 Å². The first-order chi connectivity index (χ1) is 7.90. The summed E-state index contributed by atoms with van der Waals surface area (Å²) in [6.07, 6.45) is -4.79. The maximum absolute atomic E-state index is 12.0. The number of anilines is 1. The predicted octanol–water partition coefficient (Wildman–Crippen LogP) is 1.20. The zero-order valence-corrected chi connectivity index (χ0v) is 8.21. The van der Waals surface area contributed by atoms with Crippen LogP contribution in [-0.4, -0.2) is 18.0 Å². The Labute approximate surface area is 93.0 Å². The Morgan fingerprint density at radius 3 is 2.65 bits per heavy atom. The number of rotatable bonds is 1. The molecule has 1 aromatic carbocycles. The molecule has 3 N–H and O–H groups in total. The van der Waals surface area contributed by atoms with Crippen molar-refractivity contribution in [2.24, 2.45) is 10.9 Å². The van der Waals surface area contributed by atoms with E-state index in [0.717, 1.165) is 12.1 Å². The van der Waals surface area contributed by atoms with Gasteiger partial charge in [-0.2, -0.15) is 5.10 Å². The molecule has 2 rings (SSSR count). The number of nitrogens with two attached hydrogens (primary N) is 1. The summed E-state index contributed by atoms with van der Waals surface area (Å²) in [6.45, 7) is 0. The van der Waals surface area contributed by atoms with Gasteiger partial charge >= 0.3 is 6.36 Å². The van der Waals surface area contributed by atoms with Gasteiger partial charge in [0.2, 0.25) is 0 Å². The topological polar surface area (TPSA) is 76.7 Å². The standard InChI is InChI=1S/C9H6F3N3O2/c10-9(11,12)17-4-1-2-6-5(3-4)7(15-13)8(16)14-6/h1-3H,13H2,(H,14,15,16). The first kappa shape index (κ1) is 11.2. The fraction of sp³-hybridized carbons (Fsp3) is 0.111. The number of amides is 1. The lowest BCUT2D eigenvalue weighted by atomic mass is 10.1. The number of benzene rings is 1. The highest BCUT2D eigenvalue weighted by atomic mass is 19.4. The molecule has 1 heterocycles. The van der Waals surface area contributed by atoms with Gasteiger partial charge in [0.15, 0.2) is 5.71 Å². The van der Waals surface area contributed by atoms with Gasteiger partial charge in [0.1, 0.15) is 5.75 Å². The second-order valence-corrected chi connectivity index (χ2v) is 3.19. The highest BCUT2D eigenvalue weighted by Gasteiger charge is 2.33. The molecule has 1 aliphatic rings. The van der Waals surface area contributed by atoms with Gasteiger partial charge in [0.05, 0.1) is 5.69 Å². The number of carbonyl (C=O) groups is 1. The molecule has 90 valence electrons. The molecule has 0 bridgehead atoms. The van der Waals surface area contributed by atoms with Crippen molar-refractivity contribution in [3.05, 3.63) is 23.8 Å². The van der Waals surface area contributed by atoms with E-state index in [1.54, 1.807) is 0 Å². The van der Waals surface area contributed by atoms with Gasteiger partial charge in [0, 0.05) is 5.56 Å². The third-order valence-electron chi connectivity index (χ3n) is 2.07. The Hall–Kier alpha value is -2.25. The lowest BCUT2D eigenvalue weighted by Gasteiger charge is -2.09. The Morgan fingerprint density at radius 1 is 1.35 bits per heavy atom. The van der Waals surface area contributed by atoms with Crippen molar-refractivity contribution >= 4 is 17.3 Å². The molecule has 0 fully saturated rings. The van der Waals surface area contributed by atoms with Crippen LogP contribution in [0.25, 0.3) is 0 Å². The normalized spacial score (nSPS) is 16.9. The lowest BCUT2D eigenvalue weighted by Crippen LogP contribution is -2.17. The Bertz CT molecular complexity index is 511. The molecule has 1 aliphatic heterocycles. The van der Waals surface area contributed by atoms with Crippen molar-refractivity contribution < 1.29 is 22.7 Å². The number of carbonyl (C=O) groups excluding carboxylic acids is 1. The minimum Gasteiger partial charge on any atom is -0.406 e. The molecule has 0 atom stereocenters. The van der Waals surface area contributed by atoms with Crippen molar-refractivity contribution in [2.45, 2.75) is 6.36 Å². The molecule has 0 saturated carbocycles. The molecule has 0 spiro atoms. The zero-order chi connectivity index (χ0) is 12.6. The SMILES string of the molecule is N/N=C1\C(=O)Nc2ccc(OC(F)(F)F)cc21. The molecule has 1 amide bonds. The van der Waals surface area contributed by atoms with E-state index in [1.807, 2.05) is 0 Å². The maximum atomic E-state index is 12.0. The van der Waals surface area contributed by atoms with Gasteiger partial charge in [-0.1, -0.05) is 0 Å². The number of ether oxygens (including phenoxy) is 1. The predicted molar refractivity (Wildman–Crippen MR) is 52.5 cm³/mol. The lowest BCUT2D eigenvalue weighted by molar-refractivity contribution is -0.274. The molecule has 0 aliphatic carbocycles. The maximum Gasteiger partial charge on any atom is 0.573 e. The van der Waals surface area contributed by atoms with Gasteiger partial charge in [0.25, 0.3) is 5.91 Å². The first-order valence-corrected chi connectivity index (χ1v) is 4.40. The summed E-state index contributed by atoms with van der Waals surface area (Å²) in [5.41, 5.74) is 0.389. The quantitative estimate of drug-likeness (QED) is 0.576.